The molecular formula is C12H17NO2S. The van der Waals surface area contributed by atoms with Crippen LogP contribution >= 0.6 is 11.3 Å². The molecule has 3 nitrogen and oxygen atoms in total. The average molecular weight is 239 g/mol. The Balaban J connectivity index is 1.78. The molecular weight excluding hydrogens is 222 g/mol. The first-order chi connectivity index (χ1) is 7.86. The average Bonchev–Trinajstić information content (AvgIpc) is 2.66. The van der Waals surface area contributed by atoms with Gasteiger partial charge in [0, 0.05) is 4.88 Å². The monoisotopic (exact) mass is 239 g/mol. The molecule has 1 aliphatic rings. The van der Waals surface area contributed by atoms with Gasteiger partial charge in [0.15, 0.2) is 0 Å². The lowest BCUT2D eigenvalue weighted by Gasteiger charge is -2.14. The number of ether oxygens (including phenoxy) is 1. The zero-order chi connectivity index (χ0) is 11.2. The summed E-state index contributed by atoms with van der Waals surface area (Å²) >= 11 is 1.62. The minimum atomic E-state index is -0.102. The predicted octanol–water partition coefficient (Wildman–Crippen LogP) is 2.32. The van der Waals surface area contributed by atoms with Crippen molar-refractivity contribution in [2.45, 2.75) is 38.3 Å². The van der Waals surface area contributed by atoms with E-state index in [1.54, 1.807) is 11.3 Å². The molecule has 1 unspecified atom stereocenters. The van der Waals surface area contributed by atoms with E-state index in [0.717, 1.165) is 30.7 Å². The lowest BCUT2D eigenvalue weighted by Crippen LogP contribution is -2.37. The molecule has 2 heterocycles. The highest BCUT2D eigenvalue weighted by Crippen LogP contribution is 2.13. The molecule has 16 heavy (non-hydrogen) atoms. The van der Waals surface area contributed by atoms with Gasteiger partial charge in [0.05, 0.1) is 0 Å². The number of rotatable bonds is 3. The SMILES string of the molecule is O=C(OCc1cccs1)C1CCCCCN1. The summed E-state index contributed by atoms with van der Waals surface area (Å²) < 4.78 is 5.29. The van der Waals surface area contributed by atoms with E-state index < -0.39 is 0 Å². The van der Waals surface area contributed by atoms with Crippen molar-refractivity contribution in [2.24, 2.45) is 0 Å². The first-order valence-electron chi connectivity index (χ1n) is 5.78. The molecule has 2 rings (SSSR count). The Kier molecular flexibility index (Phi) is 4.36. The highest BCUT2D eigenvalue weighted by atomic mass is 32.1. The molecule has 1 aromatic heterocycles. The molecule has 1 atom stereocenters. The Bertz CT molecular complexity index is 316. The van der Waals surface area contributed by atoms with Gasteiger partial charge in [-0.2, -0.15) is 0 Å². The van der Waals surface area contributed by atoms with Gasteiger partial charge in [-0.3, -0.25) is 4.79 Å². The first-order valence-corrected chi connectivity index (χ1v) is 6.66. The topological polar surface area (TPSA) is 38.3 Å². The normalized spacial score (nSPS) is 21.4. The number of hydrogen-bond donors (Lipinski definition) is 1. The van der Waals surface area contributed by atoms with Gasteiger partial charge in [0.2, 0.25) is 0 Å². The van der Waals surface area contributed by atoms with Gasteiger partial charge in [-0.15, -0.1) is 11.3 Å². The van der Waals surface area contributed by atoms with Gasteiger partial charge < -0.3 is 10.1 Å². The minimum absolute atomic E-state index is 0.0949. The third-order valence-corrected chi connectivity index (χ3v) is 3.63. The molecule has 0 aromatic carbocycles. The van der Waals surface area contributed by atoms with Crippen LogP contribution in [0, 0.1) is 0 Å². The maximum atomic E-state index is 11.8. The van der Waals surface area contributed by atoms with Crippen LogP contribution in [-0.4, -0.2) is 18.6 Å². The van der Waals surface area contributed by atoms with E-state index in [0.29, 0.717) is 6.61 Å². The molecule has 0 amide bonds. The third kappa shape index (κ3) is 3.32. The second-order valence-electron chi connectivity index (χ2n) is 4.04. The van der Waals surface area contributed by atoms with Crippen molar-refractivity contribution in [3.63, 3.8) is 0 Å². The molecule has 0 aliphatic carbocycles. The summed E-state index contributed by atoms with van der Waals surface area (Å²) in [4.78, 5) is 12.9. The fourth-order valence-electron chi connectivity index (χ4n) is 1.87. The summed E-state index contributed by atoms with van der Waals surface area (Å²) in [5.74, 6) is -0.102. The van der Waals surface area contributed by atoms with Crippen LogP contribution in [0.1, 0.15) is 30.6 Å². The summed E-state index contributed by atoms with van der Waals surface area (Å²) in [5.41, 5.74) is 0. The Morgan fingerprint density at radius 2 is 2.44 bits per heavy atom. The Labute approximate surface area is 99.8 Å². The van der Waals surface area contributed by atoms with E-state index in [1.807, 2.05) is 17.5 Å². The van der Waals surface area contributed by atoms with Gasteiger partial charge in [-0.1, -0.05) is 18.9 Å². The van der Waals surface area contributed by atoms with E-state index in [2.05, 4.69) is 5.32 Å². The lowest BCUT2D eigenvalue weighted by atomic mass is 10.1. The fourth-order valence-corrected chi connectivity index (χ4v) is 2.48. The highest BCUT2D eigenvalue weighted by Gasteiger charge is 2.20. The molecule has 0 saturated carbocycles. The van der Waals surface area contributed by atoms with Gasteiger partial charge in [-0.25, -0.2) is 0 Å². The zero-order valence-corrected chi connectivity index (χ0v) is 10.1. The molecule has 1 fully saturated rings. The number of carbonyl (C=O) groups excluding carboxylic acids is 1. The molecule has 0 radical (unpaired) electrons. The molecule has 1 aliphatic heterocycles. The maximum Gasteiger partial charge on any atom is 0.323 e. The van der Waals surface area contributed by atoms with Crippen LogP contribution in [0.15, 0.2) is 17.5 Å². The van der Waals surface area contributed by atoms with E-state index in [-0.39, 0.29) is 12.0 Å². The molecule has 0 bridgehead atoms. The summed E-state index contributed by atoms with van der Waals surface area (Å²) in [5, 5.41) is 5.23. The van der Waals surface area contributed by atoms with Crippen LogP contribution in [-0.2, 0) is 16.1 Å². The smallest absolute Gasteiger partial charge is 0.323 e. The number of nitrogens with one attached hydrogen (secondary N) is 1. The van der Waals surface area contributed by atoms with E-state index in [9.17, 15) is 4.79 Å². The van der Waals surface area contributed by atoms with E-state index in [1.165, 1.54) is 6.42 Å². The van der Waals surface area contributed by atoms with Crippen molar-refractivity contribution in [3.8, 4) is 0 Å². The standard InChI is InChI=1S/C12H17NO2S/c14-12(11-6-2-1-3-7-13-11)15-9-10-5-4-8-16-10/h4-5,8,11,13H,1-3,6-7,9H2. The zero-order valence-electron chi connectivity index (χ0n) is 9.28. The van der Waals surface area contributed by atoms with Crippen molar-refractivity contribution in [1.82, 2.24) is 5.32 Å². The molecule has 1 aromatic rings. The Hall–Kier alpha value is -0.870. The van der Waals surface area contributed by atoms with Crippen molar-refractivity contribution in [3.05, 3.63) is 22.4 Å². The van der Waals surface area contributed by atoms with Crippen molar-refractivity contribution >= 4 is 17.3 Å². The maximum absolute atomic E-state index is 11.8. The van der Waals surface area contributed by atoms with Gasteiger partial charge in [0.1, 0.15) is 12.6 Å². The molecule has 1 N–H and O–H groups in total. The van der Waals surface area contributed by atoms with Crippen LogP contribution in [0.4, 0.5) is 0 Å². The predicted molar refractivity (Wildman–Crippen MR) is 64.4 cm³/mol. The van der Waals surface area contributed by atoms with E-state index >= 15 is 0 Å². The number of esters is 1. The summed E-state index contributed by atoms with van der Waals surface area (Å²) in [7, 11) is 0. The summed E-state index contributed by atoms with van der Waals surface area (Å²) in [6.07, 6.45) is 4.39. The van der Waals surface area contributed by atoms with Crippen molar-refractivity contribution in [1.29, 1.82) is 0 Å². The summed E-state index contributed by atoms with van der Waals surface area (Å²) in [6.45, 7) is 1.34. The molecule has 0 spiro atoms. The van der Waals surface area contributed by atoms with Crippen LogP contribution in [0.25, 0.3) is 0 Å². The second kappa shape index (κ2) is 6.01. The second-order valence-corrected chi connectivity index (χ2v) is 5.08. The van der Waals surface area contributed by atoms with Crippen LogP contribution in [0.3, 0.4) is 0 Å². The largest absolute Gasteiger partial charge is 0.459 e. The third-order valence-electron chi connectivity index (χ3n) is 2.78. The van der Waals surface area contributed by atoms with Crippen LogP contribution < -0.4 is 5.32 Å². The quantitative estimate of drug-likeness (QED) is 0.823. The van der Waals surface area contributed by atoms with E-state index in [4.69, 9.17) is 4.74 Å². The summed E-state index contributed by atoms with van der Waals surface area (Å²) in [6, 6.07) is 3.86. The van der Waals surface area contributed by atoms with Crippen LogP contribution in [0.5, 0.6) is 0 Å². The number of thiophene rings is 1. The Morgan fingerprint density at radius 1 is 1.50 bits per heavy atom. The Morgan fingerprint density at radius 3 is 3.25 bits per heavy atom. The fraction of sp³-hybridized carbons (Fsp3) is 0.583. The van der Waals surface area contributed by atoms with Crippen molar-refractivity contribution < 1.29 is 9.53 Å². The molecule has 4 heteroatoms. The van der Waals surface area contributed by atoms with Gasteiger partial charge in [0.25, 0.3) is 0 Å². The molecule has 1 saturated heterocycles. The number of hydrogen-bond acceptors (Lipinski definition) is 4. The highest BCUT2D eigenvalue weighted by molar-refractivity contribution is 7.09. The molecule has 88 valence electrons. The lowest BCUT2D eigenvalue weighted by molar-refractivity contribution is -0.147. The van der Waals surface area contributed by atoms with Gasteiger partial charge >= 0.3 is 5.97 Å². The van der Waals surface area contributed by atoms with Crippen LogP contribution in [0.2, 0.25) is 0 Å². The van der Waals surface area contributed by atoms with Gasteiger partial charge in [-0.05, 0) is 30.8 Å². The minimum Gasteiger partial charge on any atom is -0.459 e. The van der Waals surface area contributed by atoms with Crippen molar-refractivity contribution in [2.75, 3.05) is 6.54 Å². The number of carbonyl (C=O) groups is 1. The first kappa shape index (κ1) is 11.6.